The third-order valence-corrected chi connectivity index (χ3v) is 2.08. The summed E-state index contributed by atoms with van der Waals surface area (Å²) in [4.78, 5) is 4.07. The van der Waals surface area contributed by atoms with Gasteiger partial charge in [0.2, 0.25) is 0 Å². The van der Waals surface area contributed by atoms with Crippen LogP contribution in [-0.2, 0) is 0 Å². The molecule has 0 saturated carbocycles. The number of hydrogen-bond donors (Lipinski definition) is 1. The molecule has 1 aromatic heterocycles. The largest absolute Gasteiger partial charge is 0.386 e. The highest BCUT2D eigenvalue weighted by Gasteiger charge is 2.24. The van der Waals surface area contributed by atoms with Gasteiger partial charge in [-0.2, -0.15) is 0 Å². The average molecular weight is 200 g/mol. The van der Waals surface area contributed by atoms with Gasteiger partial charge in [-0.05, 0) is 17.5 Å². The first-order valence-electron chi connectivity index (χ1n) is 4.21. The van der Waals surface area contributed by atoms with Gasteiger partial charge in [-0.1, -0.05) is 32.4 Å². The van der Waals surface area contributed by atoms with E-state index in [0.717, 1.165) is 0 Å². The van der Waals surface area contributed by atoms with E-state index < -0.39 is 6.10 Å². The monoisotopic (exact) mass is 199 g/mol. The van der Waals surface area contributed by atoms with Crippen molar-refractivity contribution in [2.75, 3.05) is 0 Å². The van der Waals surface area contributed by atoms with Crippen molar-refractivity contribution >= 4 is 11.6 Å². The van der Waals surface area contributed by atoms with E-state index >= 15 is 0 Å². The molecule has 0 aliphatic heterocycles. The molecule has 0 aliphatic carbocycles. The number of pyridine rings is 1. The second kappa shape index (κ2) is 3.64. The molecule has 0 spiro atoms. The highest BCUT2D eigenvalue weighted by atomic mass is 35.5. The molecule has 1 unspecified atom stereocenters. The van der Waals surface area contributed by atoms with E-state index in [4.69, 9.17) is 11.6 Å². The van der Waals surface area contributed by atoms with Gasteiger partial charge in [0, 0.05) is 11.2 Å². The smallest absolute Gasteiger partial charge is 0.101 e. The fourth-order valence-corrected chi connectivity index (χ4v) is 1.18. The maximum atomic E-state index is 9.86. The molecule has 0 amide bonds. The van der Waals surface area contributed by atoms with Crippen LogP contribution in [0.15, 0.2) is 18.3 Å². The maximum Gasteiger partial charge on any atom is 0.101 e. The van der Waals surface area contributed by atoms with Crippen molar-refractivity contribution in [3.63, 3.8) is 0 Å². The minimum absolute atomic E-state index is 0.211. The SMILES string of the molecule is CC(C)(C)C(O)c1cc(Cl)ccn1. The Morgan fingerprint density at radius 1 is 1.46 bits per heavy atom. The molecule has 0 aliphatic rings. The summed E-state index contributed by atoms with van der Waals surface area (Å²) >= 11 is 5.79. The second-order valence-corrected chi connectivity index (χ2v) is 4.60. The second-order valence-electron chi connectivity index (χ2n) is 4.17. The van der Waals surface area contributed by atoms with E-state index in [2.05, 4.69) is 4.98 Å². The summed E-state index contributed by atoms with van der Waals surface area (Å²) in [5, 5.41) is 10.5. The van der Waals surface area contributed by atoms with Gasteiger partial charge in [0.1, 0.15) is 6.10 Å². The van der Waals surface area contributed by atoms with Crippen molar-refractivity contribution in [3.05, 3.63) is 29.0 Å². The van der Waals surface area contributed by atoms with Gasteiger partial charge >= 0.3 is 0 Å². The maximum absolute atomic E-state index is 9.86. The third kappa shape index (κ3) is 2.68. The van der Waals surface area contributed by atoms with Crippen LogP contribution < -0.4 is 0 Å². The van der Waals surface area contributed by atoms with Gasteiger partial charge in [-0.3, -0.25) is 4.98 Å². The number of halogens is 1. The molecule has 1 N–H and O–H groups in total. The molecule has 0 fully saturated rings. The van der Waals surface area contributed by atoms with Crippen LogP contribution >= 0.6 is 11.6 Å². The highest BCUT2D eigenvalue weighted by Crippen LogP contribution is 2.31. The third-order valence-electron chi connectivity index (χ3n) is 1.84. The summed E-state index contributed by atoms with van der Waals surface area (Å²) < 4.78 is 0. The molecular weight excluding hydrogens is 186 g/mol. The number of aliphatic hydroxyl groups is 1. The predicted octanol–water partition coefficient (Wildman–Crippen LogP) is 2.81. The van der Waals surface area contributed by atoms with Gasteiger partial charge in [0.15, 0.2) is 0 Å². The number of aromatic nitrogens is 1. The van der Waals surface area contributed by atoms with Crippen LogP contribution in [-0.4, -0.2) is 10.1 Å². The number of hydrogen-bond acceptors (Lipinski definition) is 2. The molecule has 13 heavy (non-hydrogen) atoms. The van der Waals surface area contributed by atoms with Crippen LogP contribution in [0.4, 0.5) is 0 Å². The zero-order valence-electron chi connectivity index (χ0n) is 8.08. The summed E-state index contributed by atoms with van der Waals surface area (Å²) in [5.41, 5.74) is 0.414. The molecule has 0 bridgehead atoms. The normalized spacial score (nSPS) is 14.2. The lowest BCUT2D eigenvalue weighted by molar-refractivity contribution is 0.0589. The molecule has 72 valence electrons. The molecule has 0 saturated heterocycles. The molecule has 2 nitrogen and oxygen atoms in total. The Balaban J connectivity index is 2.96. The first-order chi connectivity index (χ1) is 5.91. The first kappa shape index (κ1) is 10.5. The predicted molar refractivity (Wildman–Crippen MR) is 53.7 cm³/mol. The fraction of sp³-hybridized carbons (Fsp3) is 0.500. The molecule has 1 heterocycles. The van der Waals surface area contributed by atoms with Crippen LogP contribution in [0.25, 0.3) is 0 Å². The van der Waals surface area contributed by atoms with Crippen molar-refractivity contribution < 1.29 is 5.11 Å². The van der Waals surface area contributed by atoms with Gasteiger partial charge in [-0.25, -0.2) is 0 Å². The van der Waals surface area contributed by atoms with E-state index in [-0.39, 0.29) is 5.41 Å². The Hall–Kier alpha value is -0.600. The van der Waals surface area contributed by atoms with Crippen LogP contribution in [0.3, 0.4) is 0 Å². The minimum Gasteiger partial charge on any atom is -0.386 e. The summed E-state index contributed by atoms with van der Waals surface area (Å²) in [7, 11) is 0. The van der Waals surface area contributed by atoms with Gasteiger partial charge < -0.3 is 5.11 Å². The average Bonchev–Trinajstić information content (AvgIpc) is 2.01. The number of nitrogens with zero attached hydrogens (tertiary/aromatic N) is 1. The van der Waals surface area contributed by atoms with Gasteiger partial charge in [0.05, 0.1) is 5.69 Å². The molecule has 1 atom stereocenters. The number of rotatable bonds is 1. The van der Waals surface area contributed by atoms with Crippen molar-refractivity contribution in [1.29, 1.82) is 0 Å². The van der Waals surface area contributed by atoms with Crippen LogP contribution in [0, 0.1) is 5.41 Å². The lowest BCUT2D eigenvalue weighted by Gasteiger charge is -2.25. The van der Waals surface area contributed by atoms with Crippen molar-refractivity contribution in [1.82, 2.24) is 4.98 Å². The fourth-order valence-electron chi connectivity index (χ4n) is 1.01. The van der Waals surface area contributed by atoms with E-state index in [0.29, 0.717) is 10.7 Å². The van der Waals surface area contributed by atoms with Crippen LogP contribution in [0.5, 0.6) is 0 Å². The summed E-state index contributed by atoms with van der Waals surface area (Å²) in [6, 6.07) is 3.39. The molecule has 1 rings (SSSR count). The summed E-state index contributed by atoms with van der Waals surface area (Å²) in [5.74, 6) is 0. The lowest BCUT2D eigenvalue weighted by Crippen LogP contribution is -2.18. The van der Waals surface area contributed by atoms with Crippen molar-refractivity contribution in [2.24, 2.45) is 5.41 Å². The quantitative estimate of drug-likeness (QED) is 0.755. The Morgan fingerprint density at radius 2 is 2.08 bits per heavy atom. The molecule has 1 aromatic rings. The Bertz CT molecular complexity index is 293. The van der Waals surface area contributed by atoms with Crippen LogP contribution in [0.2, 0.25) is 5.02 Å². The van der Waals surface area contributed by atoms with Crippen LogP contribution in [0.1, 0.15) is 32.6 Å². The van der Waals surface area contributed by atoms with Crippen molar-refractivity contribution in [2.45, 2.75) is 26.9 Å². The van der Waals surface area contributed by atoms with Gasteiger partial charge in [-0.15, -0.1) is 0 Å². The molecule has 0 aromatic carbocycles. The van der Waals surface area contributed by atoms with Gasteiger partial charge in [0.25, 0.3) is 0 Å². The molecular formula is C10H14ClNO. The zero-order valence-corrected chi connectivity index (χ0v) is 8.84. The summed E-state index contributed by atoms with van der Waals surface area (Å²) in [6.45, 7) is 5.88. The Kier molecular flexibility index (Phi) is 2.94. The Labute approximate surface area is 83.6 Å². The first-order valence-corrected chi connectivity index (χ1v) is 4.58. The topological polar surface area (TPSA) is 33.1 Å². The number of aliphatic hydroxyl groups excluding tert-OH is 1. The van der Waals surface area contributed by atoms with E-state index in [1.54, 1.807) is 18.3 Å². The summed E-state index contributed by atoms with van der Waals surface area (Å²) in [6.07, 6.45) is 1.03. The van der Waals surface area contributed by atoms with E-state index in [1.165, 1.54) is 0 Å². The highest BCUT2D eigenvalue weighted by molar-refractivity contribution is 6.30. The zero-order chi connectivity index (χ0) is 10.1. The van der Waals surface area contributed by atoms with Crippen molar-refractivity contribution in [3.8, 4) is 0 Å². The minimum atomic E-state index is -0.578. The lowest BCUT2D eigenvalue weighted by atomic mass is 9.87. The molecule has 3 heteroatoms. The Morgan fingerprint density at radius 3 is 2.54 bits per heavy atom. The van der Waals surface area contributed by atoms with E-state index in [9.17, 15) is 5.11 Å². The van der Waals surface area contributed by atoms with E-state index in [1.807, 2.05) is 20.8 Å². The standard InChI is InChI=1S/C10H14ClNO/c1-10(2,3)9(13)8-6-7(11)4-5-12-8/h4-6,9,13H,1-3H3. The molecule has 0 radical (unpaired) electrons.